The van der Waals surface area contributed by atoms with Gasteiger partial charge >= 0.3 is 150 Å². The number of rotatable bonds is 3. The Kier molecular flexibility index (Phi) is 5.75. The van der Waals surface area contributed by atoms with Gasteiger partial charge in [-0.15, -0.1) is 12.4 Å². The number of halogens is 1. The Labute approximate surface area is 161 Å². The maximum absolute atomic E-state index is 2.40. The van der Waals surface area contributed by atoms with E-state index in [2.05, 4.69) is 70.2 Å². The molecule has 119 valence electrons. The van der Waals surface area contributed by atoms with Gasteiger partial charge in [0.2, 0.25) is 0 Å². The van der Waals surface area contributed by atoms with Crippen molar-refractivity contribution in [2.24, 2.45) is 0 Å². The minimum atomic E-state index is 0. The van der Waals surface area contributed by atoms with Crippen molar-refractivity contribution in [3.8, 4) is 0 Å². The monoisotopic (exact) mass is 401 g/mol. The van der Waals surface area contributed by atoms with Gasteiger partial charge in [0.1, 0.15) is 0 Å². The summed E-state index contributed by atoms with van der Waals surface area (Å²) in [5.74, 6) is 0. The van der Waals surface area contributed by atoms with Crippen molar-refractivity contribution in [2.75, 3.05) is 0 Å². The van der Waals surface area contributed by atoms with E-state index >= 15 is 0 Å². The van der Waals surface area contributed by atoms with Gasteiger partial charge in [-0.05, 0) is 0 Å². The molecule has 1 aromatic carbocycles. The summed E-state index contributed by atoms with van der Waals surface area (Å²) in [5, 5.41) is 0. The third kappa shape index (κ3) is 3.03. The van der Waals surface area contributed by atoms with E-state index in [0.29, 0.717) is 0 Å². The standard InChI is InChI=1S/C21H23.ClH.Zr/c1-14-10-12-19(16(14)3)21(18-8-6-5-7-9-18)20-13-11-15(2)17(20)4;;/h5-11H,12-13H2,1-4H3;1H;. The Bertz CT molecular complexity index is 690. The predicted molar refractivity (Wildman–Crippen MR) is 97.5 cm³/mol. The van der Waals surface area contributed by atoms with Crippen LogP contribution in [0.25, 0.3) is 0 Å². The molecule has 0 fully saturated rings. The second-order valence-corrected chi connectivity index (χ2v) is 8.35. The van der Waals surface area contributed by atoms with E-state index in [1.54, 1.807) is 35.9 Å². The molecule has 0 saturated heterocycles. The molecule has 0 heterocycles. The average molecular weight is 403 g/mol. The van der Waals surface area contributed by atoms with E-state index in [9.17, 15) is 0 Å². The van der Waals surface area contributed by atoms with Gasteiger partial charge in [0.05, 0.1) is 0 Å². The molecule has 0 N–H and O–H groups in total. The third-order valence-corrected chi connectivity index (χ3v) is 7.62. The van der Waals surface area contributed by atoms with Crippen molar-refractivity contribution in [1.82, 2.24) is 0 Å². The minimum Gasteiger partial charge on any atom is -0.147 e. The molecular formula is C21H24ClZr. The van der Waals surface area contributed by atoms with Crippen molar-refractivity contribution >= 4 is 12.4 Å². The van der Waals surface area contributed by atoms with Crippen molar-refractivity contribution in [3.63, 3.8) is 0 Å². The van der Waals surface area contributed by atoms with Crippen LogP contribution in [0.1, 0.15) is 46.1 Å². The molecule has 0 unspecified atom stereocenters. The van der Waals surface area contributed by atoms with E-state index in [-0.39, 0.29) is 15.5 Å². The first-order valence-corrected chi connectivity index (χ1v) is 9.24. The van der Waals surface area contributed by atoms with Crippen LogP contribution in [0, 0.1) is 0 Å². The maximum Gasteiger partial charge on any atom is -0.147 e. The second kappa shape index (κ2) is 7.08. The van der Waals surface area contributed by atoms with Crippen LogP contribution in [-0.2, 0) is 27.8 Å². The summed E-state index contributed by atoms with van der Waals surface area (Å²) in [5.41, 5.74) is 10.6. The Balaban J connectivity index is 0.00000192. The van der Waals surface area contributed by atoms with Crippen LogP contribution in [0.3, 0.4) is 0 Å². The first kappa shape index (κ1) is 18.7. The SMILES string of the molecule is CC1=CCC([C]([Zr])(C2=C(C)C(C)=CC2)c2ccccc2)=C1C.Cl. The van der Waals surface area contributed by atoms with Gasteiger partial charge in [0.25, 0.3) is 0 Å². The molecule has 0 aliphatic heterocycles. The Morgan fingerprint density at radius 3 is 1.57 bits per heavy atom. The Hall–Kier alpha value is -0.647. The van der Waals surface area contributed by atoms with E-state index in [4.69, 9.17) is 0 Å². The van der Waals surface area contributed by atoms with Gasteiger partial charge in [0, 0.05) is 0 Å². The van der Waals surface area contributed by atoms with Crippen LogP contribution in [0.4, 0.5) is 0 Å². The molecule has 0 radical (unpaired) electrons. The molecule has 0 nitrogen and oxygen atoms in total. The molecule has 0 bridgehead atoms. The van der Waals surface area contributed by atoms with Gasteiger partial charge < -0.3 is 0 Å². The van der Waals surface area contributed by atoms with E-state index < -0.39 is 0 Å². The van der Waals surface area contributed by atoms with Crippen LogP contribution in [0.2, 0.25) is 0 Å². The molecule has 1 aromatic rings. The fourth-order valence-electron chi connectivity index (χ4n) is 3.69. The van der Waals surface area contributed by atoms with Crippen LogP contribution in [0.15, 0.2) is 75.9 Å². The molecular weight excluding hydrogens is 379 g/mol. The first-order chi connectivity index (χ1) is 10.5. The van der Waals surface area contributed by atoms with E-state index in [1.807, 2.05) is 0 Å². The summed E-state index contributed by atoms with van der Waals surface area (Å²) in [6, 6.07) is 11.1. The Morgan fingerprint density at radius 1 is 0.783 bits per heavy atom. The largest absolute Gasteiger partial charge is 0.147 e. The Morgan fingerprint density at radius 2 is 1.22 bits per heavy atom. The maximum atomic E-state index is 2.40. The third-order valence-electron chi connectivity index (χ3n) is 5.43. The van der Waals surface area contributed by atoms with Gasteiger partial charge in [0.15, 0.2) is 0 Å². The summed E-state index contributed by atoms with van der Waals surface area (Å²) >= 11 is 1.58. The van der Waals surface area contributed by atoms with Gasteiger partial charge in [-0.1, -0.05) is 0 Å². The second-order valence-electron chi connectivity index (χ2n) is 6.51. The molecule has 23 heavy (non-hydrogen) atoms. The van der Waals surface area contributed by atoms with Crippen molar-refractivity contribution in [2.45, 2.75) is 43.7 Å². The fraction of sp³-hybridized carbons (Fsp3) is 0.333. The van der Waals surface area contributed by atoms with Crippen LogP contribution < -0.4 is 0 Å². The molecule has 0 aromatic heterocycles. The molecule has 0 saturated carbocycles. The molecule has 2 heteroatoms. The summed E-state index contributed by atoms with van der Waals surface area (Å²) in [4.78, 5) is 0. The smallest absolute Gasteiger partial charge is 0.147 e. The van der Waals surface area contributed by atoms with E-state index in [0.717, 1.165) is 12.8 Å². The van der Waals surface area contributed by atoms with Gasteiger partial charge in [-0.2, -0.15) is 0 Å². The topological polar surface area (TPSA) is 0 Å². The molecule has 0 amide bonds. The van der Waals surface area contributed by atoms with Crippen molar-refractivity contribution < 1.29 is 24.7 Å². The van der Waals surface area contributed by atoms with Crippen LogP contribution in [0.5, 0.6) is 0 Å². The summed E-state index contributed by atoms with van der Waals surface area (Å²) in [7, 11) is 0. The molecule has 0 atom stereocenters. The van der Waals surface area contributed by atoms with Crippen molar-refractivity contribution in [3.05, 3.63) is 81.5 Å². The van der Waals surface area contributed by atoms with Gasteiger partial charge in [-0.3, -0.25) is 0 Å². The molecule has 2 aliphatic carbocycles. The zero-order valence-electron chi connectivity index (χ0n) is 14.4. The first-order valence-electron chi connectivity index (χ1n) is 8.01. The number of hydrogen-bond acceptors (Lipinski definition) is 0. The zero-order chi connectivity index (χ0) is 15.9. The average Bonchev–Trinajstić information content (AvgIpc) is 3.04. The normalized spacial score (nSPS) is 18.0. The number of hydrogen-bond donors (Lipinski definition) is 0. The van der Waals surface area contributed by atoms with E-state index in [1.165, 1.54) is 27.9 Å². The molecule has 0 spiro atoms. The number of allylic oxidation sites excluding steroid dienone is 8. The quantitative estimate of drug-likeness (QED) is 0.565. The summed E-state index contributed by atoms with van der Waals surface area (Å²) < 4.78 is 0.102. The predicted octanol–water partition coefficient (Wildman–Crippen LogP) is 6.18. The van der Waals surface area contributed by atoms with Gasteiger partial charge in [-0.25, -0.2) is 0 Å². The summed E-state index contributed by atoms with van der Waals surface area (Å²) in [6.45, 7) is 9.12. The van der Waals surface area contributed by atoms with Crippen LogP contribution in [-0.4, -0.2) is 0 Å². The number of benzene rings is 1. The summed E-state index contributed by atoms with van der Waals surface area (Å²) in [6.07, 6.45) is 7.01. The van der Waals surface area contributed by atoms with Crippen molar-refractivity contribution in [1.29, 1.82) is 0 Å². The molecule has 3 rings (SSSR count). The molecule has 2 aliphatic rings. The fourth-order valence-corrected chi connectivity index (χ4v) is 5.52. The zero-order valence-corrected chi connectivity index (χ0v) is 17.6. The minimum absolute atomic E-state index is 0. The van der Waals surface area contributed by atoms with Crippen LogP contribution >= 0.6 is 12.4 Å².